The van der Waals surface area contributed by atoms with Gasteiger partial charge in [-0.1, -0.05) is 42.5 Å². The lowest BCUT2D eigenvalue weighted by atomic mass is 10.2. The highest BCUT2D eigenvalue weighted by Crippen LogP contribution is 2.51. The van der Waals surface area contributed by atoms with Gasteiger partial charge in [0.25, 0.3) is 0 Å². The van der Waals surface area contributed by atoms with E-state index in [1.807, 2.05) is 24.3 Å². The van der Waals surface area contributed by atoms with Crippen LogP contribution in [-0.4, -0.2) is 37.8 Å². The Morgan fingerprint density at radius 1 is 0.806 bits per heavy atom. The van der Waals surface area contributed by atoms with Crippen molar-refractivity contribution in [2.24, 2.45) is 0 Å². The quantitative estimate of drug-likeness (QED) is 0.241. The van der Waals surface area contributed by atoms with Gasteiger partial charge < -0.3 is 14.4 Å². The summed E-state index contributed by atoms with van der Waals surface area (Å²) in [5.74, 6) is -0.493. The van der Waals surface area contributed by atoms with Crippen molar-refractivity contribution < 1.29 is 27.6 Å². The molecule has 0 spiro atoms. The number of phenolic OH excluding ortho intramolecular Hbond substituents is 1. The molecule has 0 aromatic heterocycles. The molecule has 0 radical (unpaired) electrons. The highest BCUT2D eigenvalue weighted by Gasteiger charge is 2.39. The van der Waals surface area contributed by atoms with Gasteiger partial charge in [-0.05, 0) is 73.2 Å². The Balaban J connectivity index is 0.000000253. The van der Waals surface area contributed by atoms with Gasteiger partial charge >= 0.3 is 5.97 Å². The number of carbonyl (C=O) groups excluding carboxylic acids is 1. The van der Waals surface area contributed by atoms with Crippen molar-refractivity contribution in [1.82, 2.24) is 0 Å². The number of ether oxygens (including phenoxy) is 1. The molecule has 0 heterocycles. The van der Waals surface area contributed by atoms with Crippen LogP contribution >= 0.6 is 7.26 Å². The van der Waals surface area contributed by atoms with E-state index < -0.39 is 22.3 Å². The Morgan fingerprint density at radius 3 is 1.69 bits per heavy atom. The third-order valence-corrected chi connectivity index (χ3v) is 10.6. The highest BCUT2D eigenvalue weighted by atomic mass is 32.2. The van der Waals surface area contributed by atoms with E-state index in [0.717, 1.165) is 12.1 Å². The molecule has 0 unspecified atom stereocenters. The molecule has 0 aliphatic rings. The zero-order chi connectivity index (χ0) is 26.3. The van der Waals surface area contributed by atoms with E-state index in [-0.39, 0.29) is 11.7 Å². The number of hydrogen-bond donors (Lipinski definition) is 1. The lowest BCUT2D eigenvalue weighted by Crippen LogP contribution is -2.30. The summed E-state index contributed by atoms with van der Waals surface area (Å²) in [5, 5.41) is 12.9. The first-order valence-electron chi connectivity index (χ1n) is 11.0. The fourth-order valence-electron chi connectivity index (χ4n) is 3.66. The molecule has 6 nitrogen and oxygen atoms in total. The summed E-state index contributed by atoms with van der Waals surface area (Å²) in [6.07, 6.45) is 0. The monoisotopic (exact) mass is 522 g/mol. The maximum atomic E-state index is 11.7. The standard InChI is InChI=1S/C21H20O2P.C7H8O4S/c1-23-21(22)17-13-15-20(16-14-17)24(2,18-9-5-3-6-10-18)19-11-7-4-8-12-19;1-5-2-3-6(4-7(5)8)12(9,10)11/h3-16H,1-2H3;2-4,8H,1H3,(H,9,10,11)/q+1;/p-1. The number of esters is 1. The van der Waals surface area contributed by atoms with Crippen LogP contribution in [0.2, 0.25) is 0 Å². The van der Waals surface area contributed by atoms with Crippen LogP contribution in [0.5, 0.6) is 5.75 Å². The first-order valence-corrected chi connectivity index (χ1v) is 14.6. The number of benzene rings is 4. The van der Waals surface area contributed by atoms with Crippen molar-refractivity contribution >= 4 is 39.3 Å². The molecule has 8 heteroatoms. The number of hydrogen-bond acceptors (Lipinski definition) is 6. The van der Waals surface area contributed by atoms with Gasteiger partial charge in [-0.25, -0.2) is 13.2 Å². The molecule has 0 saturated heterocycles. The Hall–Kier alpha value is -3.51. The fourth-order valence-corrected chi connectivity index (χ4v) is 7.32. The molecule has 0 saturated carbocycles. The van der Waals surface area contributed by atoms with E-state index in [0.29, 0.717) is 11.1 Å². The van der Waals surface area contributed by atoms with Gasteiger partial charge in [0.05, 0.1) is 24.2 Å². The second-order valence-electron chi connectivity index (χ2n) is 8.12. The molecule has 0 fully saturated rings. The molecule has 0 atom stereocenters. The van der Waals surface area contributed by atoms with Gasteiger partial charge in [0, 0.05) is 0 Å². The largest absolute Gasteiger partial charge is 0.744 e. The van der Waals surface area contributed by atoms with Crippen molar-refractivity contribution in [1.29, 1.82) is 0 Å². The third kappa shape index (κ3) is 6.18. The highest BCUT2D eigenvalue weighted by molar-refractivity contribution is 7.95. The Bertz CT molecular complexity index is 1380. The van der Waals surface area contributed by atoms with Crippen molar-refractivity contribution in [3.05, 3.63) is 114 Å². The van der Waals surface area contributed by atoms with Crippen LogP contribution in [0.4, 0.5) is 0 Å². The fraction of sp³-hybridized carbons (Fsp3) is 0.107. The minimum Gasteiger partial charge on any atom is -0.744 e. The van der Waals surface area contributed by atoms with Crippen molar-refractivity contribution in [2.45, 2.75) is 11.8 Å². The Labute approximate surface area is 212 Å². The minimum atomic E-state index is -4.45. The van der Waals surface area contributed by atoms with Gasteiger partial charge in [-0.15, -0.1) is 0 Å². The number of aryl methyl sites for hydroxylation is 1. The van der Waals surface area contributed by atoms with Gasteiger partial charge in [-0.3, -0.25) is 0 Å². The van der Waals surface area contributed by atoms with E-state index >= 15 is 0 Å². The normalized spacial score (nSPS) is 11.2. The second kappa shape index (κ2) is 11.5. The van der Waals surface area contributed by atoms with Crippen LogP contribution < -0.4 is 15.9 Å². The summed E-state index contributed by atoms with van der Waals surface area (Å²) in [6, 6.07) is 32.5. The smallest absolute Gasteiger partial charge is 0.337 e. The molecule has 0 aliphatic heterocycles. The summed E-state index contributed by atoms with van der Waals surface area (Å²) in [4.78, 5) is 11.3. The molecule has 4 aromatic rings. The SMILES string of the molecule is COC(=O)c1ccc([P+](C)(c2ccccc2)c2ccccc2)cc1.Cc1ccc(S(=O)(=O)[O-])cc1O. The van der Waals surface area contributed by atoms with E-state index in [1.54, 1.807) is 6.92 Å². The Morgan fingerprint density at radius 2 is 1.28 bits per heavy atom. The maximum Gasteiger partial charge on any atom is 0.337 e. The maximum absolute atomic E-state index is 11.7. The predicted molar refractivity (Wildman–Crippen MR) is 143 cm³/mol. The zero-order valence-electron chi connectivity index (χ0n) is 20.2. The predicted octanol–water partition coefficient (Wildman–Crippen LogP) is 4.00. The average Bonchev–Trinajstić information content (AvgIpc) is 2.90. The van der Waals surface area contributed by atoms with Gasteiger partial charge in [-0.2, -0.15) is 0 Å². The van der Waals surface area contributed by atoms with E-state index in [9.17, 15) is 17.8 Å². The first-order chi connectivity index (χ1) is 17.1. The molecule has 0 bridgehead atoms. The van der Waals surface area contributed by atoms with Crippen LogP contribution in [0, 0.1) is 6.92 Å². The number of methoxy groups -OCH3 is 1. The first kappa shape index (κ1) is 27.1. The van der Waals surface area contributed by atoms with Gasteiger partial charge in [0.2, 0.25) is 0 Å². The average molecular weight is 523 g/mol. The third-order valence-electron chi connectivity index (χ3n) is 5.82. The van der Waals surface area contributed by atoms with E-state index in [2.05, 4.69) is 67.3 Å². The molecule has 36 heavy (non-hydrogen) atoms. The molecule has 0 aliphatic carbocycles. The van der Waals surface area contributed by atoms with Crippen molar-refractivity contribution in [3.63, 3.8) is 0 Å². The van der Waals surface area contributed by atoms with E-state index in [1.165, 1.54) is 29.1 Å². The summed E-state index contributed by atoms with van der Waals surface area (Å²) in [5.41, 5.74) is 1.11. The molecular formula is C28H27O6PS. The second-order valence-corrected chi connectivity index (χ2v) is 13.1. The number of phenols is 1. The van der Waals surface area contributed by atoms with Crippen molar-refractivity contribution in [2.75, 3.05) is 13.8 Å². The van der Waals surface area contributed by atoms with Crippen LogP contribution in [-0.2, 0) is 14.9 Å². The van der Waals surface area contributed by atoms with Gasteiger partial charge in [0.1, 0.15) is 39.0 Å². The molecule has 4 rings (SSSR count). The van der Waals surface area contributed by atoms with Crippen LogP contribution in [0.3, 0.4) is 0 Å². The topological polar surface area (TPSA) is 104 Å². The lowest BCUT2D eigenvalue weighted by Gasteiger charge is -2.23. The van der Waals surface area contributed by atoms with Crippen LogP contribution in [0.15, 0.2) is 108 Å². The summed E-state index contributed by atoms with van der Waals surface area (Å²) >= 11 is 0. The van der Waals surface area contributed by atoms with Gasteiger partial charge in [0.15, 0.2) is 0 Å². The summed E-state index contributed by atoms with van der Waals surface area (Å²) in [7, 11) is -4.79. The summed E-state index contributed by atoms with van der Waals surface area (Å²) in [6.45, 7) is 3.93. The zero-order valence-corrected chi connectivity index (χ0v) is 21.9. The summed E-state index contributed by atoms with van der Waals surface area (Å²) < 4.78 is 36.1. The molecule has 186 valence electrons. The molecule has 4 aromatic carbocycles. The van der Waals surface area contributed by atoms with Crippen LogP contribution in [0.1, 0.15) is 15.9 Å². The molecule has 0 amide bonds. The van der Waals surface area contributed by atoms with Crippen molar-refractivity contribution in [3.8, 4) is 5.75 Å². The minimum absolute atomic E-state index is 0.188. The number of aromatic hydroxyl groups is 1. The Kier molecular flexibility index (Phi) is 8.64. The molecule has 1 N–H and O–H groups in total. The number of rotatable bonds is 5. The molecular weight excluding hydrogens is 495 g/mol. The lowest BCUT2D eigenvalue weighted by molar-refractivity contribution is 0.0600. The number of carbonyl (C=O) groups is 1. The van der Waals surface area contributed by atoms with Crippen LogP contribution in [0.25, 0.3) is 0 Å². The van der Waals surface area contributed by atoms with E-state index in [4.69, 9.17) is 9.84 Å².